The first-order chi connectivity index (χ1) is 12.6. The number of hydrogen-bond donors (Lipinski definition) is 2. The minimum atomic E-state index is 0.266. The van der Waals surface area contributed by atoms with E-state index in [-0.39, 0.29) is 5.92 Å². The molecule has 0 aliphatic carbocycles. The zero-order valence-electron chi connectivity index (χ0n) is 15.2. The van der Waals surface area contributed by atoms with E-state index in [1.807, 2.05) is 12.3 Å². The van der Waals surface area contributed by atoms with E-state index in [0.29, 0.717) is 0 Å². The Labute approximate surface area is 157 Å². The van der Waals surface area contributed by atoms with E-state index >= 15 is 0 Å². The molecule has 2 N–H and O–H groups in total. The summed E-state index contributed by atoms with van der Waals surface area (Å²) in [6, 6.07) is 12.6. The molecule has 5 heteroatoms. The molecule has 0 fully saturated rings. The number of hydrogen-bond acceptors (Lipinski definition) is 3. The number of H-pyrrole nitrogens is 2. The molecule has 3 aromatic heterocycles. The third kappa shape index (κ3) is 3.10. The Morgan fingerprint density at radius 2 is 1.85 bits per heavy atom. The molecular formula is C21H22N4S. The van der Waals surface area contributed by atoms with Crippen LogP contribution in [0.4, 0.5) is 0 Å². The molecular weight excluding hydrogens is 340 g/mol. The average Bonchev–Trinajstić information content (AvgIpc) is 3.37. The first kappa shape index (κ1) is 16.8. The van der Waals surface area contributed by atoms with Gasteiger partial charge in [0.15, 0.2) is 0 Å². The normalized spacial score (nSPS) is 12.4. The van der Waals surface area contributed by atoms with Gasteiger partial charge in [-0.3, -0.25) is 5.10 Å². The van der Waals surface area contributed by atoms with Crippen molar-refractivity contribution in [3.8, 4) is 10.6 Å². The Kier molecular flexibility index (Phi) is 4.47. The van der Waals surface area contributed by atoms with Crippen LogP contribution in [0.1, 0.15) is 39.0 Å². The Bertz CT molecular complexity index is 977. The molecule has 4 aromatic rings. The zero-order valence-corrected chi connectivity index (χ0v) is 16.0. The molecule has 0 saturated heterocycles. The van der Waals surface area contributed by atoms with Gasteiger partial charge in [-0.2, -0.15) is 5.10 Å². The van der Waals surface area contributed by atoms with Crippen LogP contribution in [0.5, 0.6) is 0 Å². The van der Waals surface area contributed by atoms with Gasteiger partial charge in [-0.05, 0) is 38.8 Å². The second-order valence-electron chi connectivity index (χ2n) is 6.64. The van der Waals surface area contributed by atoms with Gasteiger partial charge in [0.1, 0.15) is 5.01 Å². The van der Waals surface area contributed by atoms with Crippen LogP contribution in [-0.2, 0) is 6.42 Å². The topological polar surface area (TPSA) is 57.4 Å². The second-order valence-corrected chi connectivity index (χ2v) is 7.73. The molecule has 1 aromatic carbocycles. The van der Waals surface area contributed by atoms with Gasteiger partial charge >= 0.3 is 0 Å². The van der Waals surface area contributed by atoms with Crippen molar-refractivity contribution in [2.45, 2.75) is 33.1 Å². The van der Waals surface area contributed by atoms with E-state index in [1.54, 1.807) is 11.3 Å². The van der Waals surface area contributed by atoms with E-state index in [1.165, 1.54) is 21.6 Å². The Balaban J connectivity index is 1.72. The highest BCUT2D eigenvalue weighted by Crippen LogP contribution is 2.36. The summed E-state index contributed by atoms with van der Waals surface area (Å²) in [6.45, 7) is 6.29. The fourth-order valence-corrected chi connectivity index (χ4v) is 4.63. The summed E-state index contributed by atoms with van der Waals surface area (Å²) in [5.41, 5.74) is 7.08. The summed E-state index contributed by atoms with van der Waals surface area (Å²) in [6.07, 6.45) is 5.00. The molecule has 0 radical (unpaired) electrons. The van der Waals surface area contributed by atoms with Crippen molar-refractivity contribution in [3.63, 3.8) is 0 Å². The van der Waals surface area contributed by atoms with Crippen LogP contribution in [0.3, 0.4) is 0 Å². The van der Waals surface area contributed by atoms with Gasteiger partial charge in [0.2, 0.25) is 0 Å². The maximum Gasteiger partial charge on any atom is 0.123 e. The van der Waals surface area contributed by atoms with Crippen LogP contribution in [0.2, 0.25) is 0 Å². The van der Waals surface area contributed by atoms with Crippen LogP contribution in [0.25, 0.3) is 10.6 Å². The lowest BCUT2D eigenvalue weighted by Crippen LogP contribution is -2.06. The molecule has 0 aliphatic heterocycles. The quantitative estimate of drug-likeness (QED) is 0.515. The van der Waals surface area contributed by atoms with E-state index in [2.05, 4.69) is 72.5 Å². The van der Waals surface area contributed by atoms with Crippen molar-refractivity contribution in [2.75, 3.05) is 0 Å². The summed E-state index contributed by atoms with van der Waals surface area (Å²) in [5, 5.41) is 8.64. The van der Waals surface area contributed by atoms with E-state index in [4.69, 9.17) is 4.98 Å². The zero-order chi connectivity index (χ0) is 18.1. The van der Waals surface area contributed by atoms with Gasteiger partial charge in [-0.15, -0.1) is 11.3 Å². The van der Waals surface area contributed by atoms with Gasteiger partial charge in [0.25, 0.3) is 0 Å². The lowest BCUT2D eigenvalue weighted by molar-refractivity contribution is 0.797. The van der Waals surface area contributed by atoms with Crippen molar-refractivity contribution in [1.29, 1.82) is 0 Å². The van der Waals surface area contributed by atoms with E-state index < -0.39 is 0 Å². The number of rotatable bonds is 5. The summed E-state index contributed by atoms with van der Waals surface area (Å²) in [5.74, 6) is 0.266. The Morgan fingerprint density at radius 3 is 2.50 bits per heavy atom. The predicted octanol–water partition coefficient (Wildman–Crippen LogP) is 5.16. The van der Waals surface area contributed by atoms with Gasteiger partial charge in [0.05, 0.1) is 11.4 Å². The van der Waals surface area contributed by atoms with Crippen LogP contribution in [0, 0.1) is 20.8 Å². The standard InChI is InChI=1S/C21H22N4S/c1-13-19(26-21(23-13)16-7-5-4-6-8-16)11-18(17-9-10-22-12-17)20-14(2)24-25-15(20)3/h4-10,12,18,22H,11H2,1-3H3,(H,24,25). The Hall–Kier alpha value is -2.66. The maximum atomic E-state index is 4.83. The summed E-state index contributed by atoms with van der Waals surface area (Å²) >= 11 is 1.80. The molecule has 132 valence electrons. The highest BCUT2D eigenvalue weighted by Gasteiger charge is 2.23. The van der Waals surface area contributed by atoms with Crippen molar-refractivity contribution < 1.29 is 0 Å². The highest BCUT2D eigenvalue weighted by molar-refractivity contribution is 7.15. The van der Waals surface area contributed by atoms with Gasteiger partial charge in [-0.25, -0.2) is 4.98 Å². The number of nitrogens with one attached hydrogen (secondary N) is 2. The molecule has 4 nitrogen and oxygen atoms in total. The minimum absolute atomic E-state index is 0.266. The van der Waals surface area contributed by atoms with Gasteiger partial charge in [-0.1, -0.05) is 30.3 Å². The monoisotopic (exact) mass is 362 g/mol. The molecule has 1 atom stereocenters. The number of aromatic amines is 2. The number of aryl methyl sites for hydroxylation is 3. The SMILES string of the molecule is Cc1nc(-c2ccccc2)sc1CC(c1cc[nH]c1)c1c(C)n[nH]c1C. The summed E-state index contributed by atoms with van der Waals surface area (Å²) in [7, 11) is 0. The van der Waals surface area contributed by atoms with Gasteiger partial charge in [0, 0.05) is 40.0 Å². The third-order valence-corrected chi connectivity index (χ3v) is 6.09. The molecule has 0 spiro atoms. The van der Waals surface area contributed by atoms with Crippen molar-refractivity contribution in [2.24, 2.45) is 0 Å². The molecule has 3 heterocycles. The summed E-state index contributed by atoms with van der Waals surface area (Å²) < 4.78 is 0. The van der Waals surface area contributed by atoms with Crippen LogP contribution in [-0.4, -0.2) is 20.2 Å². The van der Waals surface area contributed by atoms with E-state index in [0.717, 1.165) is 28.5 Å². The smallest absolute Gasteiger partial charge is 0.123 e. The van der Waals surface area contributed by atoms with Crippen LogP contribution >= 0.6 is 11.3 Å². The molecule has 0 amide bonds. The lowest BCUT2D eigenvalue weighted by atomic mass is 9.88. The number of benzene rings is 1. The van der Waals surface area contributed by atoms with Crippen molar-refractivity contribution in [3.05, 3.63) is 81.9 Å². The number of thiazole rings is 1. The fourth-order valence-electron chi connectivity index (χ4n) is 3.52. The average molecular weight is 363 g/mol. The molecule has 0 aliphatic rings. The number of aromatic nitrogens is 4. The van der Waals surface area contributed by atoms with Gasteiger partial charge < -0.3 is 4.98 Å². The molecule has 1 unspecified atom stereocenters. The van der Waals surface area contributed by atoms with Crippen molar-refractivity contribution >= 4 is 11.3 Å². The maximum absolute atomic E-state index is 4.83. The first-order valence-corrected chi connectivity index (χ1v) is 9.61. The first-order valence-electron chi connectivity index (χ1n) is 8.79. The van der Waals surface area contributed by atoms with Crippen molar-refractivity contribution in [1.82, 2.24) is 20.2 Å². The van der Waals surface area contributed by atoms with Crippen LogP contribution < -0.4 is 0 Å². The molecule has 0 bridgehead atoms. The fraction of sp³-hybridized carbons (Fsp3) is 0.238. The lowest BCUT2D eigenvalue weighted by Gasteiger charge is -2.16. The largest absolute Gasteiger partial charge is 0.367 e. The highest BCUT2D eigenvalue weighted by atomic mass is 32.1. The third-order valence-electron chi connectivity index (χ3n) is 4.86. The predicted molar refractivity (Wildman–Crippen MR) is 107 cm³/mol. The number of nitrogens with zero attached hydrogens (tertiary/aromatic N) is 2. The summed E-state index contributed by atoms with van der Waals surface area (Å²) in [4.78, 5) is 9.36. The molecule has 26 heavy (non-hydrogen) atoms. The molecule has 4 rings (SSSR count). The Morgan fingerprint density at radius 1 is 1.04 bits per heavy atom. The minimum Gasteiger partial charge on any atom is -0.367 e. The molecule has 0 saturated carbocycles. The second kappa shape index (κ2) is 6.92. The van der Waals surface area contributed by atoms with Crippen LogP contribution in [0.15, 0.2) is 48.8 Å². The van der Waals surface area contributed by atoms with E-state index in [9.17, 15) is 0 Å².